The first kappa shape index (κ1) is 22.4. The van der Waals surface area contributed by atoms with Gasteiger partial charge in [-0.2, -0.15) is 0 Å². The normalized spacial score (nSPS) is 15.5. The fourth-order valence-electron chi connectivity index (χ4n) is 4.25. The molecule has 0 amide bonds. The average molecular weight is 458 g/mol. The van der Waals surface area contributed by atoms with Crippen LogP contribution in [0, 0.1) is 6.92 Å². The van der Waals surface area contributed by atoms with Gasteiger partial charge in [-0.1, -0.05) is 6.07 Å². The van der Waals surface area contributed by atoms with Crippen LogP contribution in [0.5, 0.6) is 5.75 Å². The van der Waals surface area contributed by atoms with E-state index in [0.29, 0.717) is 12.6 Å². The Morgan fingerprint density at radius 3 is 2.77 bits per heavy atom. The van der Waals surface area contributed by atoms with E-state index >= 15 is 0 Å². The summed E-state index contributed by atoms with van der Waals surface area (Å²) in [5.74, 6) is 1.91. The number of benzene rings is 1. The monoisotopic (exact) mass is 457 g/mol. The molecule has 1 aliphatic rings. The van der Waals surface area contributed by atoms with Gasteiger partial charge in [0.2, 0.25) is 0 Å². The van der Waals surface area contributed by atoms with Crippen molar-refractivity contribution in [3.63, 3.8) is 0 Å². The van der Waals surface area contributed by atoms with Gasteiger partial charge < -0.3 is 19.5 Å². The highest BCUT2D eigenvalue weighted by Gasteiger charge is 2.19. The number of likely N-dealkylation sites (tertiary alicyclic amines) is 1. The van der Waals surface area contributed by atoms with Gasteiger partial charge in [-0.05, 0) is 62.0 Å². The number of hydrogen-bond donors (Lipinski definition) is 1. The zero-order valence-corrected chi connectivity index (χ0v) is 19.9. The Morgan fingerprint density at radius 2 is 2.03 bits per heavy atom. The smallest absolute Gasteiger partial charge is 0.251 e. The first-order valence-electron chi connectivity index (χ1n) is 10.9. The van der Waals surface area contributed by atoms with Crippen LogP contribution in [-0.4, -0.2) is 54.6 Å². The highest BCUT2D eigenvalue weighted by Crippen LogP contribution is 2.23. The van der Waals surface area contributed by atoms with Gasteiger partial charge in [0.15, 0.2) is 0 Å². The molecule has 5 nitrogen and oxygen atoms in total. The van der Waals surface area contributed by atoms with E-state index in [1.54, 1.807) is 13.2 Å². The van der Waals surface area contributed by atoms with Crippen molar-refractivity contribution in [2.75, 3.05) is 39.0 Å². The van der Waals surface area contributed by atoms with E-state index < -0.39 is 0 Å². The number of fused-ring (bicyclic) bond motifs is 1. The summed E-state index contributed by atoms with van der Waals surface area (Å²) < 4.78 is 8.69. The van der Waals surface area contributed by atoms with Crippen molar-refractivity contribution in [2.45, 2.75) is 36.6 Å². The Labute approximate surface area is 192 Å². The molecule has 0 saturated carbocycles. The Morgan fingerprint density at radius 1 is 1.19 bits per heavy atom. The number of ether oxygens (including phenoxy) is 1. The number of hydrogen-bond acceptors (Lipinski definition) is 6. The van der Waals surface area contributed by atoms with Gasteiger partial charge in [-0.3, -0.25) is 4.79 Å². The molecule has 166 valence electrons. The molecule has 1 saturated heterocycles. The number of nitrogens with zero attached hydrogens (tertiary/aromatic N) is 2. The van der Waals surface area contributed by atoms with Crippen LogP contribution in [0.4, 0.5) is 0 Å². The number of rotatable bonds is 9. The summed E-state index contributed by atoms with van der Waals surface area (Å²) in [5.41, 5.74) is 2.05. The van der Waals surface area contributed by atoms with Crippen molar-refractivity contribution in [3.8, 4) is 5.75 Å². The van der Waals surface area contributed by atoms with Crippen LogP contribution >= 0.6 is 23.1 Å². The molecule has 0 atom stereocenters. The lowest BCUT2D eigenvalue weighted by atomic mass is 10.1. The Kier molecular flexibility index (Phi) is 7.72. The molecule has 0 spiro atoms. The van der Waals surface area contributed by atoms with Gasteiger partial charge in [0.1, 0.15) is 5.75 Å². The van der Waals surface area contributed by atoms with Crippen LogP contribution in [0.15, 0.2) is 50.8 Å². The molecule has 0 aliphatic carbocycles. The number of nitrogens with one attached hydrogen (secondary N) is 1. The predicted octanol–water partition coefficient (Wildman–Crippen LogP) is 4.23. The third-order valence-corrected chi connectivity index (χ3v) is 8.16. The fourth-order valence-corrected chi connectivity index (χ4v) is 5.98. The van der Waals surface area contributed by atoms with Crippen LogP contribution < -0.4 is 15.6 Å². The van der Waals surface area contributed by atoms with Gasteiger partial charge in [0.05, 0.1) is 16.8 Å². The van der Waals surface area contributed by atoms with Crippen LogP contribution in [0.1, 0.15) is 18.4 Å². The lowest BCUT2D eigenvalue weighted by Gasteiger charge is -2.32. The molecule has 0 radical (unpaired) electrons. The lowest BCUT2D eigenvalue weighted by molar-refractivity contribution is 0.193. The average Bonchev–Trinajstić information content (AvgIpc) is 3.30. The van der Waals surface area contributed by atoms with Crippen LogP contribution in [0.25, 0.3) is 10.9 Å². The van der Waals surface area contributed by atoms with Crippen LogP contribution in [0.2, 0.25) is 0 Å². The summed E-state index contributed by atoms with van der Waals surface area (Å²) in [5, 5.41) is 6.97. The zero-order valence-electron chi connectivity index (χ0n) is 18.3. The van der Waals surface area contributed by atoms with Crippen molar-refractivity contribution in [1.29, 1.82) is 0 Å². The van der Waals surface area contributed by atoms with Gasteiger partial charge in [0, 0.05) is 48.9 Å². The largest absolute Gasteiger partial charge is 0.497 e. The lowest BCUT2D eigenvalue weighted by Crippen LogP contribution is -2.44. The molecule has 3 aromatic rings. The predicted molar refractivity (Wildman–Crippen MR) is 132 cm³/mol. The summed E-state index contributed by atoms with van der Waals surface area (Å²) in [4.78, 5) is 15.2. The molecular weight excluding hydrogens is 426 g/mol. The van der Waals surface area contributed by atoms with Crippen molar-refractivity contribution in [2.24, 2.45) is 0 Å². The van der Waals surface area contributed by atoms with Gasteiger partial charge >= 0.3 is 0 Å². The molecule has 1 N–H and O–H groups in total. The summed E-state index contributed by atoms with van der Waals surface area (Å²) >= 11 is 3.75. The molecule has 1 fully saturated rings. The summed E-state index contributed by atoms with van der Waals surface area (Å²) in [6.07, 6.45) is 2.34. The maximum absolute atomic E-state index is 12.7. The molecular formula is C24H31N3O2S2. The second kappa shape index (κ2) is 10.7. The summed E-state index contributed by atoms with van der Waals surface area (Å²) in [6, 6.07) is 12.6. The van der Waals surface area contributed by atoms with E-state index in [2.05, 4.69) is 27.7 Å². The van der Waals surface area contributed by atoms with E-state index in [9.17, 15) is 4.79 Å². The molecule has 0 bridgehead atoms. The van der Waals surface area contributed by atoms with Gasteiger partial charge in [0.25, 0.3) is 5.56 Å². The van der Waals surface area contributed by atoms with E-state index in [4.69, 9.17) is 4.74 Å². The zero-order chi connectivity index (χ0) is 21.6. The van der Waals surface area contributed by atoms with E-state index in [-0.39, 0.29) is 5.56 Å². The molecule has 1 aliphatic heterocycles. The third kappa shape index (κ3) is 5.71. The standard InChI is InChI=1S/C24H31N3O2S2/c1-18-16-23(28)27(22-17-20(29-2)5-6-21(18)22)13-12-26-10-7-19(8-11-26)25-9-15-31-24-4-3-14-30-24/h3-6,14,16-17,19,25H,7-13,15H2,1-2H3. The molecule has 1 aromatic carbocycles. The Bertz CT molecular complexity index is 1040. The van der Waals surface area contributed by atoms with Crippen molar-refractivity contribution in [1.82, 2.24) is 14.8 Å². The van der Waals surface area contributed by atoms with Crippen LogP contribution in [0.3, 0.4) is 0 Å². The number of methoxy groups -OCH3 is 1. The van der Waals surface area contributed by atoms with Crippen LogP contribution in [-0.2, 0) is 6.54 Å². The van der Waals surface area contributed by atoms with E-state index in [1.165, 1.54) is 17.1 Å². The van der Waals surface area contributed by atoms with Crippen molar-refractivity contribution in [3.05, 3.63) is 57.7 Å². The molecule has 4 rings (SSSR count). The molecule has 7 heteroatoms. The molecule has 0 unspecified atom stereocenters. The quantitative estimate of drug-likeness (QED) is 0.385. The topological polar surface area (TPSA) is 46.5 Å². The minimum absolute atomic E-state index is 0.0676. The first-order valence-corrected chi connectivity index (χ1v) is 12.8. The van der Waals surface area contributed by atoms with Crippen molar-refractivity contribution < 1.29 is 4.74 Å². The summed E-state index contributed by atoms with van der Waals surface area (Å²) in [6.45, 7) is 6.82. The van der Waals surface area contributed by atoms with E-state index in [0.717, 1.165) is 54.1 Å². The second-order valence-electron chi connectivity index (χ2n) is 8.05. The highest BCUT2D eigenvalue weighted by molar-refractivity contribution is 8.01. The number of pyridine rings is 1. The second-order valence-corrected chi connectivity index (χ2v) is 10.4. The Hall–Kier alpha value is -1.80. The van der Waals surface area contributed by atoms with Crippen molar-refractivity contribution >= 4 is 34.0 Å². The number of piperidine rings is 1. The first-order chi connectivity index (χ1) is 15.1. The molecule has 31 heavy (non-hydrogen) atoms. The molecule has 2 aromatic heterocycles. The van der Waals surface area contributed by atoms with Gasteiger partial charge in [-0.25, -0.2) is 0 Å². The molecule has 3 heterocycles. The Balaban J connectivity index is 1.28. The third-order valence-electron chi connectivity index (χ3n) is 6.03. The number of aromatic nitrogens is 1. The number of thioether (sulfide) groups is 1. The summed E-state index contributed by atoms with van der Waals surface area (Å²) in [7, 11) is 1.67. The fraction of sp³-hybridized carbons (Fsp3) is 0.458. The minimum atomic E-state index is 0.0676. The highest BCUT2D eigenvalue weighted by atomic mass is 32.2. The van der Waals surface area contributed by atoms with E-state index in [1.807, 2.05) is 52.8 Å². The maximum Gasteiger partial charge on any atom is 0.251 e. The number of thiophene rings is 1. The maximum atomic E-state index is 12.7. The minimum Gasteiger partial charge on any atom is -0.497 e. The SMILES string of the molecule is COc1ccc2c(C)cc(=O)n(CCN3CCC(NCCSc4cccs4)CC3)c2c1. The van der Waals surface area contributed by atoms with Gasteiger partial charge in [-0.15, -0.1) is 23.1 Å². The number of aryl methyl sites for hydroxylation is 1.